The van der Waals surface area contributed by atoms with Crippen LogP contribution in [-0.2, 0) is 10.2 Å². The second kappa shape index (κ2) is 2.99. The van der Waals surface area contributed by atoms with Gasteiger partial charge in [0.2, 0.25) is 0 Å². The number of carbonyl (C=O) groups is 1. The fourth-order valence-electron chi connectivity index (χ4n) is 1.92. The van der Waals surface area contributed by atoms with E-state index in [2.05, 4.69) is 31.2 Å². The summed E-state index contributed by atoms with van der Waals surface area (Å²) < 4.78 is 0. The maximum Gasteiger partial charge on any atom is 0.130 e. The van der Waals surface area contributed by atoms with E-state index in [0.717, 1.165) is 19.1 Å². The Labute approximate surface area is 78.8 Å². The van der Waals surface area contributed by atoms with Gasteiger partial charge in [-0.05, 0) is 25.3 Å². The van der Waals surface area contributed by atoms with Crippen LogP contribution in [0.3, 0.4) is 0 Å². The predicted molar refractivity (Wildman–Crippen MR) is 52.8 cm³/mol. The quantitative estimate of drug-likeness (QED) is 0.630. The maximum atomic E-state index is 11.0. The summed E-state index contributed by atoms with van der Waals surface area (Å²) in [5.74, 6) is 0. The highest BCUT2D eigenvalue weighted by molar-refractivity contribution is 5.70. The molecule has 1 aromatic rings. The molecule has 1 aliphatic carbocycles. The molecule has 1 saturated carbocycles. The Balaban J connectivity index is 2.33. The van der Waals surface area contributed by atoms with Crippen molar-refractivity contribution in [3.8, 4) is 0 Å². The Hall–Kier alpha value is -1.11. The van der Waals surface area contributed by atoms with E-state index in [0.29, 0.717) is 0 Å². The summed E-state index contributed by atoms with van der Waals surface area (Å²) in [6.45, 7) is 2.07. The van der Waals surface area contributed by atoms with E-state index in [1.54, 1.807) is 0 Å². The lowest BCUT2D eigenvalue weighted by molar-refractivity contribution is -0.115. The highest BCUT2D eigenvalue weighted by atomic mass is 16.1. The molecule has 0 unspecified atom stereocenters. The monoisotopic (exact) mass is 174 g/mol. The van der Waals surface area contributed by atoms with Gasteiger partial charge in [0.25, 0.3) is 0 Å². The molecule has 0 heterocycles. The smallest absolute Gasteiger partial charge is 0.130 e. The van der Waals surface area contributed by atoms with E-state index in [1.807, 2.05) is 0 Å². The summed E-state index contributed by atoms with van der Waals surface area (Å²) >= 11 is 0. The Bertz CT molecular complexity index is 306. The zero-order valence-electron chi connectivity index (χ0n) is 7.92. The summed E-state index contributed by atoms with van der Waals surface area (Å²) in [6, 6.07) is 8.34. The van der Waals surface area contributed by atoms with Crippen molar-refractivity contribution in [1.29, 1.82) is 0 Å². The molecule has 0 aliphatic heterocycles. The maximum absolute atomic E-state index is 11.0. The molecule has 0 aromatic heterocycles. The summed E-state index contributed by atoms with van der Waals surface area (Å²) in [6.07, 6.45) is 4.37. The Morgan fingerprint density at radius 2 is 1.85 bits per heavy atom. The third-order valence-electron chi connectivity index (χ3n) is 3.10. The van der Waals surface area contributed by atoms with Crippen molar-refractivity contribution < 1.29 is 4.79 Å². The molecule has 0 N–H and O–H groups in total. The van der Waals surface area contributed by atoms with Crippen LogP contribution < -0.4 is 0 Å². The molecular weight excluding hydrogens is 160 g/mol. The standard InChI is InChI=1S/C12H14O/c1-10-3-5-11(6-4-10)12(9-13)7-2-8-12/h3-6,9H,2,7-8H2,1H3. The molecule has 2 rings (SSSR count). The first-order chi connectivity index (χ1) is 6.27. The van der Waals surface area contributed by atoms with E-state index in [-0.39, 0.29) is 5.41 Å². The average Bonchev–Trinajstić information content (AvgIpc) is 2.07. The summed E-state index contributed by atoms with van der Waals surface area (Å²) in [5, 5.41) is 0. The van der Waals surface area contributed by atoms with Gasteiger partial charge < -0.3 is 4.79 Å². The van der Waals surface area contributed by atoms with Crippen molar-refractivity contribution in [3.05, 3.63) is 35.4 Å². The van der Waals surface area contributed by atoms with Crippen LogP contribution in [-0.4, -0.2) is 6.29 Å². The molecule has 0 spiro atoms. The molecular formula is C12H14O. The number of aryl methyl sites for hydroxylation is 1. The van der Waals surface area contributed by atoms with Crippen molar-refractivity contribution >= 4 is 6.29 Å². The minimum absolute atomic E-state index is 0.131. The Morgan fingerprint density at radius 1 is 1.23 bits per heavy atom. The molecule has 1 heteroatoms. The molecule has 1 aromatic carbocycles. The molecule has 1 fully saturated rings. The van der Waals surface area contributed by atoms with Crippen LogP contribution in [0, 0.1) is 6.92 Å². The van der Waals surface area contributed by atoms with Gasteiger partial charge in [-0.1, -0.05) is 36.2 Å². The van der Waals surface area contributed by atoms with E-state index in [1.165, 1.54) is 17.5 Å². The van der Waals surface area contributed by atoms with Gasteiger partial charge in [0.05, 0.1) is 5.41 Å². The van der Waals surface area contributed by atoms with Crippen LogP contribution in [0.25, 0.3) is 0 Å². The van der Waals surface area contributed by atoms with Crippen LogP contribution >= 0.6 is 0 Å². The SMILES string of the molecule is Cc1ccc(C2(C=O)CCC2)cc1. The number of benzene rings is 1. The predicted octanol–water partition coefficient (Wildman–Crippen LogP) is 2.62. The van der Waals surface area contributed by atoms with Gasteiger partial charge in [0, 0.05) is 0 Å². The van der Waals surface area contributed by atoms with Crippen LogP contribution in [0.4, 0.5) is 0 Å². The second-order valence-corrected chi connectivity index (χ2v) is 3.99. The van der Waals surface area contributed by atoms with Gasteiger partial charge >= 0.3 is 0 Å². The molecule has 13 heavy (non-hydrogen) atoms. The molecule has 0 amide bonds. The van der Waals surface area contributed by atoms with Gasteiger partial charge in [0.15, 0.2) is 0 Å². The zero-order valence-corrected chi connectivity index (χ0v) is 7.92. The largest absolute Gasteiger partial charge is 0.302 e. The van der Waals surface area contributed by atoms with Gasteiger partial charge in [-0.3, -0.25) is 0 Å². The molecule has 0 saturated heterocycles. The number of carbonyl (C=O) groups excluding carboxylic acids is 1. The number of hydrogen-bond acceptors (Lipinski definition) is 1. The van der Waals surface area contributed by atoms with Gasteiger partial charge in [-0.25, -0.2) is 0 Å². The highest BCUT2D eigenvalue weighted by Gasteiger charge is 2.38. The van der Waals surface area contributed by atoms with Crippen LogP contribution in [0.5, 0.6) is 0 Å². The van der Waals surface area contributed by atoms with E-state index in [9.17, 15) is 4.79 Å². The van der Waals surface area contributed by atoms with Crippen molar-refractivity contribution in [2.24, 2.45) is 0 Å². The second-order valence-electron chi connectivity index (χ2n) is 3.99. The van der Waals surface area contributed by atoms with Gasteiger partial charge in [-0.2, -0.15) is 0 Å². The lowest BCUT2D eigenvalue weighted by Crippen LogP contribution is -2.35. The number of rotatable bonds is 2. The zero-order chi connectivity index (χ0) is 9.31. The molecule has 1 aliphatic rings. The van der Waals surface area contributed by atoms with Crippen LogP contribution in [0.15, 0.2) is 24.3 Å². The first-order valence-electron chi connectivity index (χ1n) is 4.80. The Morgan fingerprint density at radius 3 is 2.23 bits per heavy atom. The van der Waals surface area contributed by atoms with Crippen LogP contribution in [0.2, 0.25) is 0 Å². The van der Waals surface area contributed by atoms with Gasteiger partial charge in [0.1, 0.15) is 6.29 Å². The molecule has 0 radical (unpaired) electrons. The Kier molecular flexibility index (Phi) is 1.95. The minimum atomic E-state index is -0.131. The highest BCUT2D eigenvalue weighted by Crippen LogP contribution is 2.41. The first kappa shape index (κ1) is 8.49. The van der Waals surface area contributed by atoms with Crippen molar-refractivity contribution in [3.63, 3.8) is 0 Å². The minimum Gasteiger partial charge on any atom is -0.302 e. The molecule has 0 atom stereocenters. The number of hydrogen-bond donors (Lipinski definition) is 0. The van der Waals surface area contributed by atoms with E-state index >= 15 is 0 Å². The normalized spacial score (nSPS) is 19.2. The summed E-state index contributed by atoms with van der Waals surface area (Å²) in [4.78, 5) is 11.0. The topological polar surface area (TPSA) is 17.1 Å². The third-order valence-corrected chi connectivity index (χ3v) is 3.10. The first-order valence-corrected chi connectivity index (χ1v) is 4.80. The van der Waals surface area contributed by atoms with Crippen molar-refractivity contribution in [1.82, 2.24) is 0 Å². The lowest BCUT2D eigenvalue weighted by Gasteiger charge is -2.37. The summed E-state index contributed by atoms with van der Waals surface area (Å²) in [5.41, 5.74) is 2.32. The average molecular weight is 174 g/mol. The lowest BCUT2D eigenvalue weighted by atomic mass is 9.65. The van der Waals surface area contributed by atoms with Crippen molar-refractivity contribution in [2.45, 2.75) is 31.6 Å². The third kappa shape index (κ3) is 1.28. The van der Waals surface area contributed by atoms with E-state index in [4.69, 9.17) is 0 Å². The molecule has 68 valence electrons. The molecule has 1 nitrogen and oxygen atoms in total. The summed E-state index contributed by atoms with van der Waals surface area (Å²) in [7, 11) is 0. The van der Waals surface area contributed by atoms with Crippen LogP contribution in [0.1, 0.15) is 30.4 Å². The van der Waals surface area contributed by atoms with Gasteiger partial charge in [-0.15, -0.1) is 0 Å². The number of aldehydes is 1. The van der Waals surface area contributed by atoms with E-state index < -0.39 is 0 Å². The fraction of sp³-hybridized carbons (Fsp3) is 0.417. The molecule has 0 bridgehead atoms. The fourth-order valence-corrected chi connectivity index (χ4v) is 1.92. The van der Waals surface area contributed by atoms with Crippen molar-refractivity contribution in [2.75, 3.05) is 0 Å².